The van der Waals surface area contributed by atoms with Crippen LogP contribution in [0.15, 0.2) is 18.5 Å². The van der Waals surface area contributed by atoms with Crippen LogP contribution in [-0.4, -0.2) is 29.7 Å². The molecule has 2 aliphatic rings. The largest absolute Gasteiger partial charge is 0.489 e. The summed E-state index contributed by atoms with van der Waals surface area (Å²) in [5.41, 5.74) is 6.93. The Morgan fingerprint density at radius 2 is 2.26 bits per heavy atom. The number of anilines is 1. The number of hydrogen-bond acceptors (Lipinski definition) is 4. The van der Waals surface area contributed by atoms with Gasteiger partial charge < -0.3 is 15.4 Å². The van der Waals surface area contributed by atoms with Crippen LogP contribution in [0.5, 0.6) is 5.75 Å². The van der Waals surface area contributed by atoms with Crippen molar-refractivity contribution in [2.24, 2.45) is 11.7 Å². The van der Waals surface area contributed by atoms with Crippen LogP contribution in [0.3, 0.4) is 0 Å². The third-order valence-electron chi connectivity index (χ3n) is 4.08. The van der Waals surface area contributed by atoms with Gasteiger partial charge in [0, 0.05) is 18.2 Å². The molecule has 1 aromatic rings. The van der Waals surface area contributed by atoms with Crippen LogP contribution in [0.1, 0.15) is 33.1 Å². The Balaban J connectivity index is 1.80. The number of hydrogen-bond donors (Lipinski definition) is 1. The van der Waals surface area contributed by atoms with Crippen molar-refractivity contribution in [1.82, 2.24) is 4.98 Å². The summed E-state index contributed by atoms with van der Waals surface area (Å²) in [5.74, 6) is 1.74. The van der Waals surface area contributed by atoms with Crippen molar-refractivity contribution >= 4 is 5.69 Å². The van der Waals surface area contributed by atoms with Crippen molar-refractivity contribution in [3.05, 3.63) is 18.5 Å². The maximum Gasteiger partial charge on any atom is 0.140 e. The van der Waals surface area contributed by atoms with E-state index >= 15 is 0 Å². The SMILES string of the molecule is CC(C)Oc1cncc(N2C(CCN)CC3CC32)c1. The number of pyridine rings is 1. The normalized spacial score (nSPS) is 28.6. The van der Waals surface area contributed by atoms with Crippen molar-refractivity contribution in [1.29, 1.82) is 0 Å². The third-order valence-corrected chi connectivity index (χ3v) is 4.08. The smallest absolute Gasteiger partial charge is 0.140 e. The molecule has 2 heterocycles. The van der Waals surface area contributed by atoms with Crippen molar-refractivity contribution < 1.29 is 4.74 Å². The van der Waals surface area contributed by atoms with E-state index in [9.17, 15) is 0 Å². The van der Waals surface area contributed by atoms with Gasteiger partial charge in [-0.25, -0.2) is 0 Å². The molecule has 1 saturated carbocycles. The molecule has 4 nitrogen and oxygen atoms in total. The Hall–Kier alpha value is -1.29. The summed E-state index contributed by atoms with van der Waals surface area (Å²) in [4.78, 5) is 6.86. The summed E-state index contributed by atoms with van der Waals surface area (Å²) in [6, 6.07) is 3.43. The van der Waals surface area contributed by atoms with Crippen molar-refractivity contribution in [3.8, 4) is 5.75 Å². The van der Waals surface area contributed by atoms with Crippen LogP contribution < -0.4 is 15.4 Å². The van der Waals surface area contributed by atoms with E-state index < -0.39 is 0 Å². The molecule has 3 atom stereocenters. The van der Waals surface area contributed by atoms with Crippen LogP contribution in [0.4, 0.5) is 5.69 Å². The highest BCUT2D eigenvalue weighted by atomic mass is 16.5. The van der Waals surface area contributed by atoms with E-state index in [2.05, 4.69) is 16.0 Å². The van der Waals surface area contributed by atoms with E-state index in [4.69, 9.17) is 10.5 Å². The highest BCUT2D eigenvalue weighted by molar-refractivity contribution is 5.53. The summed E-state index contributed by atoms with van der Waals surface area (Å²) >= 11 is 0. The van der Waals surface area contributed by atoms with Crippen molar-refractivity contribution in [3.63, 3.8) is 0 Å². The molecule has 1 saturated heterocycles. The fourth-order valence-electron chi connectivity index (χ4n) is 3.30. The summed E-state index contributed by atoms with van der Waals surface area (Å²) in [6.07, 6.45) is 7.62. The fraction of sp³-hybridized carbons (Fsp3) is 0.667. The molecule has 0 bridgehead atoms. The Labute approximate surface area is 115 Å². The fourth-order valence-corrected chi connectivity index (χ4v) is 3.30. The molecule has 0 spiro atoms. The van der Waals surface area contributed by atoms with Gasteiger partial charge in [-0.05, 0) is 45.6 Å². The summed E-state index contributed by atoms with van der Waals surface area (Å²) in [7, 11) is 0. The minimum Gasteiger partial charge on any atom is -0.489 e. The Morgan fingerprint density at radius 3 is 3.00 bits per heavy atom. The molecule has 1 aliphatic carbocycles. The van der Waals surface area contributed by atoms with Gasteiger partial charge in [0.05, 0.1) is 24.2 Å². The van der Waals surface area contributed by atoms with Gasteiger partial charge in [0.25, 0.3) is 0 Å². The molecule has 2 N–H and O–H groups in total. The molecule has 2 fully saturated rings. The number of aromatic nitrogens is 1. The average Bonchev–Trinajstić information content (AvgIpc) is 3.01. The van der Waals surface area contributed by atoms with Crippen LogP contribution in [0.25, 0.3) is 0 Å². The first-order valence-electron chi connectivity index (χ1n) is 7.29. The van der Waals surface area contributed by atoms with Gasteiger partial charge in [-0.2, -0.15) is 0 Å². The minimum atomic E-state index is 0.184. The van der Waals surface area contributed by atoms with Gasteiger partial charge in [0.2, 0.25) is 0 Å². The minimum absolute atomic E-state index is 0.184. The molecule has 0 amide bonds. The van der Waals surface area contributed by atoms with Gasteiger partial charge >= 0.3 is 0 Å². The lowest BCUT2D eigenvalue weighted by Gasteiger charge is -2.29. The molecule has 4 heteroatoms. The van der Waals surface area contributed by atoms with Crippen molar-refractivity contribution in [2.45, 2.75) is 51.3 Å². The molecule has 3 rings (SSSR count). The zero-order valence-corrected chi connectivity index (χ0v) is 11.7. The second-order valence-electron chi connectivity index (χ2n) is 5.98. The molecule has 1 aliphatic heterocycles. The average molecular weight is 261 g/mol. The molecule has 19 heavy (non-hydrogen) atoms. The van der Waals surface area contributed by atoms with Gasteiger partial charge in [-0.1, -0.05) is 0 Å². The van der Waals surface area contributed by atoms with Gasteiger partial charge in [0.15, 0.2) is 0 Å². The monoisotopic (exact) mass is 261 g/mol. The Kier molecular flexibility index (Phi) is 3.35. The second-order valence-corrected chi connectivity index (χ2v) is 5.98. The number of piperidine rings is 1. The molecule has 3 unspecified atom stereocenters. The van der Waals surface area contributed by atoms with Gasteiger partial charge in [-0.3, -0.25) is 4.98 Å². The highest BCUT2D eigenvalue weighted by Crippen LogP contribution is 2.50. The molecule has 104 valence electrons. The van der Waals surface area contributed by atoms with Crippen LogP contribution >= 0.6 is 0 Å². The highest BCUT2D eigenvalue weighted by Gasteiger charge is 2.51. The first kappa shape index (κ1) is 12.7. The number of fused-ring (bicyclic) bond motifs is 1. The van der Waals surface area contributed by atoms with E-state index in [-0.39, 0.29) is 6.10 Å². The van der Waals surface area contributed by atoms with E-state index in [1.807, 2.05) is 20.0 Å². The lowest BCUT2D eigenvalue weighted by molar-refractivity contribution is 0.241. The van der Waals surface area contributed by atoms with E-state index in [0.29, 0.717) is 12.1 Å². The van der Waals surface area contributed by atoms with E-state index in [1.165, 1.54) is 18.5 Å². The third kappa shape index (κ3) is 2.54. The Bertz CT molecular complexity index is 449. The molecular weight excluding hydrogens is 238 g/mol. The first-order chi connectivity index (χ1) is 9.19. The molecular formula is C15H23N3O. The van der Waals surface area contributed by atoms with Crippen LogP contribution in [0, 0.1) is 5.92 Å². The van der Waals surface area contributed by atoms with Crippen LogP contribution in [-0.2, 0) is 0 Å². The maximum absolute atomic E-state index is 5.74. The predicted octanol–water partition coefficient (Wildman–Crippen LogP) is 2.18. The quantitative estimate of drug-likeness (QED) is 0.882. The molecule has 0 aromatic carbocycles. The summed E-state index contributed by atoms with van der Waals surface area (Å²) < 4.78 is 5.74. The van der Waals surface area contributed by atoms with E-state index in [1.54, 1.807) is 6.20 Å². The number of ether oxygens (including phenoxy) is 1. The second kappa shape index (κ2) is 5.00. The lowest BCUT2D eigenvalue weighted by atomic mass is 10.1. The Morgan fingerprint density at radius 1 is 1.42 bits per heavy atom. The standard InChI is InChI=1S/C15H23N3O/c1-10(2)19-14-7-13(8-17-9-14)18-12(3-4-16)5-11-6-15(11)18/h7-12,15H,3-6,16H2,1-2H3. The molecule has 0 radical (unpaired) electrons. The zero-order valence-electron chi connectivity index (χ0n) is 11.7. The van der Waals surface area contributed by atoms with Crippen molar-refractivity contribution in [2.75, 3.05) is 11.4 Å². The first-order valence-corrected chi connectivity index (χ1v) is 7.29. The zero-order chi connectivity index (χ0) is 13.4. The van der Waals surface area contributed by atoms with Gasteiger partial charge in [-0.15, -0.1) is 0 Å². The lowest BCUT2D eigenvalue weighted by Crippen LogP contribution is -2.34. The topological polar surface area (TPSA) is 51.4 Å². The number of nitrogens with two attached hydrogens (primary N) is 1. The van der Waals surface area contributed by atoms with Crippen LogP contribution in [0.2, 0.25) is 0 Å². The number of rotatable bonds is 5. The molecule has 1 aromatic heterocycles. The summed E-state index contributed by atoms with van der Waals surface area (Å²) in [5, 5.41) is 0. The number of nitrogens with zero attached hydrogens (tertiary/aromatic N) is 2. The predicted molar refractivity (Wildman–Crippen MR) is 76.5 cm³/mol. The summed E-state index contributed by atoms with van der Waals surface area (Å²) in [6.45, 7) is 4.84. The van der Waals surface area contributed by atoms with Gasteiger partial charge in [0.1, 0.15) is 5.75 Å². The van der Waals surface area contributed by atoms with E-state index in [0.717, 1.165) is 24.6 Å². The maximum atomic E-state index is 5.74.